The van der Waals surface area contributed by atoms with Gasteiger partial charge >= 0.3 is 0 Å². The molecule has 1 saturated carbocycles. The van der Waals surface area contributed by atoms with Crippen LogP contribution in [-0.2, 0) is 9.84 Å². The fourth-order valence-corrected chi connectivity index (χ4v) is 3.57. The molecule has 112 valence electrons. The Bertz CT molecular complexity index is 492. The summed E-state index contributed by atoms with van der Waals surface area (Å²) in [6.45, 7) is 0.537. The lowest BCUT2D eigenvalue weighted by Gasteiger charge is -2.31. The number of hydrogen-bond acceptors (Lipinski definition) is 3. The molecule has 0 saturated heterocycles. The molecule has 1 N–H and O–H groups in total. The van der Waals surface area contributed by atoms with Gasteiger partial charge in [-0.25, -0.2) is 8.42 Å². The molecule has 0 heterocycles. The molecule has 0 aliphatic heterocycles. The van der Waals surface area contributed by atoms with Crippen molar-refractivity contribution in [2.75, 3.05) is 18.6 Å². The minimum atomic E-state index is -2.90. The summed E-state index contributed by atoms with van der Waals surface area (Å²) in [5, 5.41) is 3.48. The van der Waals surface area contributed by atoms with Crippen LogP contribution in [0.1, 0.15) is 43.7 Å². The predicted octanol–water partition coefficient (Wildman–Crippen LogP) is 2.94. The first kappa shape index (κ1) is 15.5. The Balaban J connectivity index is 2.03. The highest BCUT2D eigenvalue weighted by atomic mass is 32.2. The van der Waals surface area contributed by atoms with Crippen LogP contribution >= 0.6 is 0 Å². The molecule has 1 aromatic carbocycles. The average molecular weight is 295 g/mol. The molecule has 0 spiro atoms. The SMILES string of the molecule is CS(=O)(=O)CCNC(c1ccccc1)C1CCCCC1. The fourth-order valence-electron chi connectivity index (χ4n) is 3.08. The summed E-state index contributed by atoms with van der Waals surface area (Å²) in [7, 11) is -2.90. The number of hydrogen-bond donors (Lipinski definition) is 1. The molecule has 1 aliphatic carbocycles. The van der Waals surface area contributed by atoms with Crippen LogP contribution in [-0.4, -0.2) is 27.0 Å². The van der Waals surface area contributed by atoms with Gasteiger partial charge in [0.25, 0.3) is 0 Å². The van der Waals surface area contributed by atoms with Crippen LogP contribution in [0, 0.1) is 5.92 Å². The third kappa shape index (κ3) is 4.91. The molecule has 20 heavy (non-hydrogen) atoms. The van der Waals surface area contributed by atoms with Gasteiger partial charge in [-0.2, -0.15) is 0 Å². The third-order valence-electron chi connectivity index (χ3n) is 4.12. The van der Waals surface area contributed by atoms with Gasteiger partial charge in [-0.15, -0.1) is 0 Å². The highest BCUT2D eigenvalue weighted by Gasteiger charge is 2.24. The van der Waals surface area contributed by atoms with Gasteiger partial charge in [-0.05, 0) is 24.3 Å². The minimum Gasteiger partial charge on any atom is -0.309 e. The Morgan fingerprint density at radius 2 is 1.80 bits per heavy atom. The van der Waals surface area contributed by atoms with Crippen molar-refractivity contribution in [2.45, 2.75) is 38.1 Å². The van der Waals surface area contributed by atoms with Gasteiger partial charge in [-0.1, -0.05) is 49.6 Å². The van der Waals surface area contributed by atoms with Crippen LogP contribution in [0.5, 0.6) is 0 Å². The van der Waals surface area contributed by atoms with E-state index in [-0.39, 0.29) is 5.75 Å². The highest BCUT2D eigenvalue weighted by Crippen LogP contribution is 2.34. The first-order valence-corrected chi connectivity index (χ1v) is 9.58. The van der Waals surface area contributed by atoms with Crippen molar-refractivity contribution in [3.8, 4) is 0 Å². The maximum atomic E-state index is 11.3. The Morgan fingerprint density at radius 3 is 2.40 bits per heavy atom. The summed E-state index contributed by atoms with van der Waals surface area (Å²) in [5.41, 5.74) is 1.29. The second kappa shape index (κ2) is 7.23. The zero-order chi connectivity index (χ0) is 14.4. The van der Waals surface area contributed by atoms with Crippen LogP contribution in [0.2, 0.25) is 0 Å². The summed E-state index contributed by atoms with van der Waals surface area (Å²) in [6, 6.07) is 10.7. The highest BCUT2D eigenvalue weighted by molar-refractivity contribution is 7.90. The van der Waals surface area contributed by atoms with Crippen molar-refractivity contribution in [2.24, 2.45) is 5.92 Å². The van der Waals surface area contributed by atoms with Crippen LogP contribution in [0.25, 0.3) is 0 Å². The quantitative estimate of drug-likeness (QED) is 0.877. The monoisotopic (exact) mass is 295 g/mol. The molecule has 1 atom stereocenters. The Kier molecular flexibility index (Phi) is 5.61. The van der Waals surface area contributed by atoms with E-state index in [2.05, 4.69) is 29.6 Å². The van der Waals surface area contributed by atoms with Gasteiger partial charge in [0.2, 0.25) is 0 Å². The molecular weight excluding hydrogens is 270 g/mol. The van der Waals surface area contributed by atoms with Gasteiger partial charge in [-0.3, -0.25) is 0 Å². The smallest absolute Gasteiger partial charge is 0.148 e. The van der Waals surface area contributed by atoms with Crippen LogP contribution in [0.15, 0.2) is 30.3 Å². The second-order valence-corrected chi connectivity index (χ2v) is 8.13. The lowest BCUT2D eigenvalue weighted by Crippen LogP contribution is -2.33. The van der Waals surface area contributed by atoms with Gasteiger partial charge < -0.3 is 5.32 Å². The van der Waals surface area contributed by atoms with E-state index in [9.17, 15) is 8.42 Å². The van der Waals surface area contributed by atoms with E-state index in [1.807, 2.05) is 6.07 Å². The average Bonchev–Trinajstić information content (AvgIpc) is 2.44. The van der Waals surface area contributed by atoms with Crippen molar-refractivity contribution in [1.82, 2.24) is 5.32 Å². The molecule has 2 rings (SSSR count). The van der Waals surface area contributed by atoms with Gasteiger partial charge in [0.1, 0.15) is 9.84 Å². The molecule has 4 heteroatoms. The third-order valence-corrected chi connectivity index (χ3v) is 5.06. The molecular formula is C16H25NO2S. The van der Waals surface area contributed by atoms with Crippen LogP contribution in [0.3, 0.4) is 0 Å². The zero-order valence-corrected chi connectivity index (χ0v) is 13.0. The molecule has 0 aromatic heterocycles. The lowest BCUT2D eigenvalue weighted by atomic mass is 9.81. The molecule has 0 bridgehead atoms. The largest absolute Gasteiger partial charge is 0.309 e. The number of nitrogens with one attached hydrogen (secondary N) is 1. The topological polar surface area (TPSA) is 46.2 Å². The first-order valence-electron chi connectivity index (χ1n) is 7.52. The summed E-state index contributed by atoms with van der Waals surface area (Å²) in [4.78, 5) is 0. The first-order chi connectivity index (χ1) is 9.56. The van der Waals surface area contributed by atoms with Crippen molar-refractivity contribution in [1.29, 1.82) is 0 Å². The van der Waals surface area contributed by atoms with Gasteiger partial charge in [0, 0.05) is 18.8 Å². The van der Waals surface area contributed by atoms with E-state index in [0.29, 0.717) is 18.5 Å². The standard InChI is InChI=1S/C16H25NO2S/c1-20(18,19)13-12-17-16(14-8-4-2-5-9-14)15-10-6-3-7-11-15/h2,4-5,8-9,15-17H,3,6-7,10-13H2,1H3. The molecule has 1 aliphatic rings. The maximum absolute atomic E-state index is 11.3. The number of benzene rings is 1. The van der Waals surface area contributed by atoms with E-state index in [1.54, 1.807) is 0 Å². The van der Waals surface area contributed by atoms with Gasteiger partial charge in [0.15, 0.2) is 0 Å². The Hall–Kier alpha value is -0.870. The van der Waals surface area contributed by atoms with E-state index in [1.165, 1.54) is 43.9 Å². The summed E-state index contributed by atoms with van der Waals surface area (Å²) >= 11 is 0. The number of rotatable bonds is 6. The van der Waals surface area contributed by atoms with E-state index in [4.69, 9.17) is 0 Å². The molecule has 0 amide bonds. The Morgan fingerprint density at radius 1 is 1.15 bits per heavy atom. The maximum Gasteiger partial charge on any atom is 0.148 e. The van der Waals surface area contributed by atoms with E-state index in [0.717, 1.165) is 0 Å². The van der Waals surface area contributed by atoms with E-state index < -0.39 is 9.84 Å². The molecule has 1 unspecified atom stereocenters. The summed E-state index contributed by atoms with van der Waals surface area (Å²) in [6.07, 6.45) is 7.70. The minimum absolute atomic E-state index is 0.211. The van der Waals surface area contributed by atoms with Gasteiger partial charge in [0.05, 0.1) is 5.75 Å². The van der Waals surface area contributed by atoms with Crippen molar-refractivity contribution < 1.29 is 8.42 Å². The van der Waals surface area contributed by atoms with Crippen molar-refractivity contribution in [3.63, 3.8) is 0 Å². The normalized spacial score (nSPS) is 18.9. The Labute approximate surface area is 122 Å². The second-order valence-electron chi connectivity index (χ2n) is 5.87. The molecule has 0 radical (unpaired) electrons. The lowest BCUT2D eigenvalue weighted by molar-refractivity contribution is 0.274. The predicted molar refractivity (Wildman–Crippen MR) is 83.5 cm³/mol. The van der Waals surface area contributed by atoms with Crippen LogP contribution in [0.4, 0.5) is 0 Å². The molecule has 1 fully saturated rings. The fraction of sp³-hybridized carbons (Fsp3) is 0.625. The van der Waals surface area contributed by atoms with E-state index >= 15 is 0 Å². The summed E-state index contributed by atoms with van der Waals surface area (Å²) < 4.78 is 22.6. The summed E-state index contributed by atoms with van der Waals surface area (Å²) in [5.74, 6) is 0.842. The molecule has 3 nitrogen and oxygen atoms in total. The van der Waals surface area contributed by atoms with Crippen molar-refractivity contribution >= 4 is 9.84 Å². The van der Waals surface area contributed by atoms with Crippen molar-refractivity contribution in [3.05, 3.63) is 35.9 Å². The number of sulfone groups is 1. The molecule has 1 aromatic rings. The zero-order valence-electron chi connectivity index (χ0n) is 12.2. The van der Waals surface area contributed by atoms with Crippen LogP contribution < -0.4 is 5.32 Å².